The van der Waals surface area contributed by atoms with E-state index in [-0.39, 0.29) is 11.7 Å². The molecule has 0 radical (unpaired) electrons. The average molecular weight is 543 g/mol. The van der Waals surface area contributed by atoms with E-state index < -0.39 is 11.6 Å². The number of halogens is 2. The van der Waals surface area contributed by atoms with Gasteiger partial charge in [-0.2, -0.15) is 4.39 Å². The Bertz CT molecular complexity index is 913. The Balaban J connectivity index is 1.03. The molecule has 1 saturated heterocycles. The van der Waals surface area contributed by atoms with E-state index in [1.54, 1.807) is 12.1 Å². The second-order valence-corrected chi connectivity index (χ2v) is 13.3. The Morgan fingerprint density at radius 2 is 1.33 bits per heavy atom. The van der Waals surface area contributed by atoms with Gasteiger partial charge in [-0.15, -0.1) is 0 Å². The number of ether oxygens (including phenoxy) is 2. The molecule has 0 aromatic heterocycles. The summed E-state index contributed by atoms with van der Waals surface area (Å²) in [5.41, 5.74) is 0.529. The van der Waals surface area contributed by atoms with Crippen LogP contribution < -0.4 is 4.74 Å². The third kappa shape index (κ3) is 7.08. The summed E-state index contributed by atoms with van der Waals surface area (Å²) in [5, 5.41) is 0. The van der Waals surface area contributed by atoms with Gasteiger partial charge in [0.2, 0.25) is 5.82 Å². The maximum atomic E-state index is 14.8. The molecule has 4 heteroatoms. The lowest BCUT2D eigenvalue weighted by Gasteiger charge is -2.43. The smallest absolute Gasteiger partial charge is 0.200 e. The van der Waals surface area contributed by atoms with Crippen LogP contribution >= 0.6 is 0 Å². The summed E-state index contributed by atoms with van der Waals surface area (Å²) in [6.07, 6.45) is 23.6. The molecule has 4 aliphatic rings. The van der Waals surface area contributed by atoms with Crippen molar-refractivity contribution in [3.8, 4) is 5.75 Å². The van der Waals surface area contributed by atoms with Gasteiger partial charge in [-0.05, 0) is 156 Å². The summed E-state index contributed by atoms with van der Waals surface area (Å²) in [6.45, 7) is 5.46. The SMILES string of the molecule is CC=CC1CCC(C2CCC(C3CCC(C4CCC(c5ccc(OCCC)c(F)c5F)CC4)OC3)CC2)CC1. The molecule has 3 aliphatic carbocycles. The van der Waals surface area contributed by atoms with Crippen LogP contribution in [0.15, 0.2) is 24.3 Å². The Labute approximate surface area is 236 Å². The van der Waals surface area contributed by atoms with Crippen molar-refractivity contribution in [3.63, 3.8) is 0 Å². The molecule has 2 unspecified atom stereocenters. The van der Waals surface area contributed by atoms with Crippen molar-refractivity contribution >= 4 is 0 Å². The standard InChI is InChI=1S/C35H52F2O2/c1-3-5-24-6-8-25(9-7-24)26-10-12-27(13-11-26)30-18-20-32(39-23-30)29-16-14-28(15-17-29)31-19-21-33(38-22-4-2)35(37)34(31)36/h3,5,19,21,24-30,32H,4,6-18,20,22-23H2,1-2H3. The van der Waals surface area contributed by atoms with E-state index in [9.17, 15) is 8.78 Å². The first-order valence-electron chi connectivity index (χ1n) is 16.4. The van der Waals surface area contributed by atoms with Gasteiger partial charge in [0, 0.05) is 0 Å². The van der Waals surface area contributed by atoms with Crippen molar-refractivity contribution in [2.45, 2.75) is 122 Å². The first kappa shape index (κ1) is 29.1. The van der Waals surface area contributed by atoms with Crippen LogP contribution in [0.25, 0.3) is 0 Å². The molecule has 0 bridgehead atoms. The van der Waals surface area contributed by atoms with E-state index in [1.807, 2.05) is 6.92 Å². The van der Waals surface area contributed by atoms with Crippen molar-refractivity contribution in [1.29, 1.82) is 0 Å². The van der Waals surface area contributed by atoms with Gasteiger partial charge in [-0.1, -0.05) is 25.1 Å². The zero-order valence-electron chi connectivity index (χ0n) is 24.5. The summed E-state index contributed by atoms with van der Waals surface area (Å²) in [6, 6.07) is 3.36. The summed E-state index contributed by atoms with van der Waals surface area (Å²) >= 11 is 0. The van der Waals surface area contributed by atoms with E-state index in [0.717, 1.165) is 68.3 Å². The quantitative estimate of drug-likeness (QED) is 0.304. The fourth-order valence-corrected chi connectivity index (χ4v) is 8.69. The van der Waals surface area contributed by atoms with Crippen molar-refractivity contribution in [3.05, 3.63) is 41.5 Å². The number of benzene rings is 1. The molecule has 0 amide bonds. The third-order valence-corrected chi connectivity index (χ3v) is 11.1. The van der Waals surface area contributed by atoms with Gasteiger partial charge < -0.3 is 9.47 Å². The fourth-order valence-electron chi connectivity index (χ4n) is 8.69. The zero-order chi connectivity index (χ0) is 27.2. The maximum absolute atomic E-state index is 14.8. The molecule has 1 aromatic carbocycles. The Morgan fingerprint density at radius 3 is 1.92 bits per heavy atom. The maximum Gasteiger partial charge on any atom is 0.200 e. The molecule has 1 aromatic rings. The van der Waals surface area contributed by atoms with Crippen LogP contribution in [0.1, 0.15) is 122 Å². The molecule has 0 spiro atoms. The summed E-state index contributed by atoms with van der Waals surface area (Å²) in [4.78, 5) is 0. The number of hydrogen-bond acceptors (Lipinski definition) is 2. The third-order valence-electron chi connectivity index (χ3n) is 11.1. The second-order valence-electron chi connectivity index (χ2n) is 13.3. The van der Waals surface area contributed by atoms with E-state index in [4.69, 9.17) is 9.47 Å². The molecular weight excluding hydrogens is 490 g/mol. The van der Waals surface area contributed by atoms with Crippen LogP contribution in [0.5, 0.6) is 5.75 Å². The van der Waals surface area contributed by atoms with E-state index >= 15 is 0 Å². The van der Waals surface area contributed by atoms with Crippen molar-refractivity contribution in [2.24, 2.45) is 35.5 Å². The van der Waals surface area contributed by atoms with Gasteiger partial charge >= 0.3 is 0 Å². The molecule has 3 saturated carbocycles. The monoisotopic (exact) mass is 542 g/mol. The van der Waals surface area contributed by atoms with Crippen LogP contribution in [0.2, 0.25) is 0 Å². The minimum absolute atomic E-state index is 0.0395. The lowest BCUT2D eigenvalue weighted by molar-refractivity contribution is -0.0733. The lowest BCUT2D eigenvalue weighted by Crippen LogP contribution is -2.37. The normalized spacial score (nSPS) is 36.2. The van der Waals surface area contributed by atoms with E-state index in [2.05, 4.69) is 19.1 Å². The van der Waals surface area contributed by atoms with E-state index in [1.165, 1.54) is 64.2 Å². The molecular formula is C35H52F2O2. The zero-order valence-corrected chi connectivity index (χ0v) is 24.5. The van der Waals surface area contributed by atoms with Gasteiger partial charge in [0.15, 0.2) is 11.6 Å². The highest BCUT2D eigenvalue weighted by Crippen LogP contribution is 2.46. The van der Waals surface area contributed by atoms with E-state index in [0.29, 0.717) is 24.2 Å². The van der Waals surface area contributed by atoms with Crippen LogP contribution in [0.3, 0.4) is 0 Å². The highest BCUT2D eigenvalue weighted by molar-refractivity contribution is 5.33. The molecule has 2 atom stereocenters. The minimum Gasteiger partial charge on any atom is -0.490 e. The molecule has 5 rings (SSSR count). The molecule has 4 fully saturated rings. The van der Waals surface area contributed by atoms with Gasteiger partial charge in [0.1, 0.15) is 0 Å². The minimum atomic E-state index is -0.824. The summed E-state index contributed by atoms with van der Waals surface area (Å²) < 4.78 is 41.3. The number of rotatable bonds is 8. The molecule has 1 heterocycles. The molecule has 39 heavy (non-hydrogen) atoms. The first-order chi connectivity index (χ1) is 19.1. The van der Waals surface area contributed by atoms with Crippen molar-refractivity contribution < 1.29 is 18.3 Å². The van der Waals surface area contributed by atoms with Gasteiger partial charge in [-0.3, -0.25) is 0 Å². The van der Waals surface area contributed by atoms with Gasteiger partial charge in [0.25, 0.3) is 0 Å². The Hall–Kier alpha value is -1.42. The molecule has 218 valence electrons. The first-order valence-corrected chi connectivity index (χ1v) is 16.4. The van der Waals surface area contributed by atoms with Crippen LogP contribution in [0, 0.1) is 47.1 Å². The Kier molecular flexibility index (Phi) is 10.4. The fraction of sp³-hybridized carbons (Fsp3) is 0.771. The van der Waals surface area contributed by atoms with Crippen molar-refractivity contribution in [2.75, 3.05) is 13.2 Å². The highest BCUT2D eigenvalue weighted by Gasteiger charge is 2.37. The van der Waals surface area contributed by atoms with Crippen LogP contribution in [-0.2, 0) is 4.74 Å². The van der Waals surface area contributed by atoms with Crippen LogP contribution in [0.4, 0.5) is 8.78 Å². The summed E-state index contributed by atoms with van der Waals surface area (Å²) in [5.74, 6) is 3.56. The molecule has 1 aliphatic heterocycles. The number of hydrogen-bond donors (Lipinski definition) is 0. The predicted octanol–water partition coefficient (Wildman–Crippen LogP) is 10.0. The number of allylic oxidation sites excluding steroid dienone is 2. The van der Waals surface area contributed by atoms with Crippen molar-refractivity contribution in [1.82, 2.24) is 0 Å². The second kappa shape index (κ2) is 14.0. The topological polar surface area (TPSA) is 18.5 Å². The largest absolute Gasteiger partial charge is 0.490 e. The molecule has 2 nitrogen and oxygen atoms in total. The van der Waals surface area contributed by atoms with Gasteiger partial charge in [0.05, 0.1) is 19.3 Å². The summed E-state index contributed by atoms with van der Waals surface area (Å²) in [7, 11) is 0. The predicted molar refractivity (Wildman–Crippen MR) is 155 cm³/mol. The molecule has 0 N–H and O–H groups in total. The van der Waals surface area contributed by atoms with Gasteiger partial charge in [-0.25, -0.2) is 4.39 Å². The highest BCUT2D eigenvalue weighted by atomic mass is 19.2. The Morgan fingerprint density at radius 1 is 0.744 bits per heavy atom. The lowest BCUT2D eigenvalue weighted by atomic mass is 9.66. The average Bonchev–Trinajstić information content (AvgIpc) is 2.99. The van der Waals surface area contributed by atoms with Crippen LogP contribution in [-0.4, -0.2) is 19.3 Å².